The first-order chi connectivity index (χ1) is 6.72. The van der Waals surface area contributed by atoms with E-state index in [4.69, 9.17) is 22.1 Å². The van der Waals surface area contributed by atoms with Gasteiger partial charge in [0.25, 0.3) is 0 Å². The van der Waals surface area contributed by atoms with Crippen molar-refractivity contribution in [1.29, 1.82) is 0 Å². The highest BCUT2D eigenvalue weighted by Crippen LogP contribution is 2.37. The molecule has 2 aromatic rings. The Kier molecular flexibility index (Phi) is 2.52. The van der Waals surface area contributed by atoms with Crippen molar-refractivity contribution < 1.29 is 4.74 Å². The van der Waals surface area contributed by atoms with Gasteiger partial charge in [0.2, 0.25) is 0 Å². The minimum absolute atomic E-state index is 0.643. The van der Waals surface area contributed by atoms with Crippen molar-refractivity contribution in [2.24, 2.45) is 0 Å². The number of benzene rings is 1. The first-order valence-corrected chi connectivity index (χ1v) is 5.57. The Morgan fingerprint density at radius 2 is 2.29 bits per heavy atom. The number of nitrogen functional groups attached to an aromatic ring is 1. The van der Waals surface area contributed by atoms with Gasteiger partial charge in [-0.1, -0.05) is 11.6 Å². The third-order valence-corrected chi connectivity index (χ3v) is 3.30. The minimum atomic E-state index is 0.643. The molecule has 0 fully saturated rings. The molecule has 0 aliphatic rings. The first-order valence-electron chi connectivity index (χ1n) is 4.31. The van der Waals surface area contributed by atoms with Crippen molar-refractivity contribution in [2.45, 2.75) is 6.92 Å². The minimum Gasteiger partial charge on any atom is -0.494 e. The molecule has 4 heteroatoms. The normalized spacial score (nSPS) is 10.7. The van der Waals surface area contributed by atoms with Crippen LogP contribution in [0.1, 0.15) is 6.92 Å². The number of hydrogen-bond acceptors (Lipinski definition) is 3. The molecule has 1 aromatic carbocycles. The zero-order valence-electron chi connectivity index (χ0n) is 7.71. The van der Waals surface area contributed by atoms with Crippen LogP contribution in [-0.2, 0) is 0 Å². The lowest BCUT2D eigenvalue weighted by atomic mass is 10.2. The monoisotopic (exact) mass is 227 g/mol. The van der Waals surface area contributed by atoms with Gasteiger partial charge in [0, 0.05) is 27.2 Å². The van der Waals surface area contributed by atoms with Crippen LogP contribution in [0.25, 0.3) is 10.1 Å². The Hall–Kier alpha value is -0.930. The maximum Gasteiger partial charge on any atom is 0.122 e. The van der Waals surface area contributed by atoms with Gasteiger partial charge in [0.15, 0.2) is 0 Å². The Balaban J connectivity index is 2.62. The number of nitrogens with two attached hydrogens (primary N) is 1. The van der Waals surface area contributed by atoms with Gasteiger partial charge in [-0.2, -0.15) is 0 Å². The van der Waals surface area contributed by atoms with E-state index < -0.39 is 0 Å². The molecule has 0 aliphatic carbocycles. The van der Waals surface area contributed by atoms with Gasteiger partial charge in [-0.3, -0.25) is 0 Å². The lowest BCUT2D eigenvalue weighted by molar-refractivity contribution is 0.341. The summed E-state index contributed by atoms with van der Waals surface area (Å²) >= 11 is 7.57. The second kappa shape index (κ2) is 3.67. The predicted molar refractivity (Wildman–Crippen MR) is 62.4 cm³/mol. The fourth-order valence-electron chi connectivity index (χ4n) is 1.38. The molecule has 0 bridgehead atoms. The van der Waals surface area contributed by atoms with Gasteiger partial charge >= 0.3 is 0 Å². The molecule has 0 amide bonds. The van der Waals surface area contributed by atoms with E-state index in [1.165, 1.54) is 0 Å². The van der Waals surface area contributed by atoms with Crippen LogP contribution in [0.3, 0.4) is 0 Å². The molecule has 2 rings (SSSR count). The number of rotatable bonds is 2. The molecular formula is C10H10ClNOS. The van der Waals surface area contributed by atoms with Crippen LogP contribution in [0.2, 0.25) is 5.02 Å². The van der Waals surface area contributed by atoms with E-state index in [9.17, 15) is 0 Å². The largest absolute Gasteiger partial charge is 0.494 e. The summed E-state index contributed by atoms with van der Waals surface area (Å²) in [5.41, 5.74) is 6.55. The van der Waals surface area contributed by atoms with Crippen LogP contribution in [0.5, 0.6) is 5.75 Å². The highest BCUT2D eigenvalue weighted by atomic mass is 35.5. The maximum atomic E-state index is 6.00. The third kappa shape index (κ3) is 1.53. The average molecular weight is 228 g/mol. The molecule has 2 N–H and O–H groups in total. The van der Waals surface area contributed by atoms with Crippen LogP contribution in [0.15, 0.2) is 17.5 Å². The molecule has 0 atom stereocenters. The van der Waals surface area contributed by atoms with Gasteiger partial charge in [-0.25, -0.2) is 0 Å². The first kappa shape index (κ1) is 9.62. The van der Waals surface area contributed by atoms with Crippen LogP contribution in [0.4, 0.5) is 5.69 Å². The van der Waals surface area contributed by atoms with E-state index in [2.05, 4.69) is 0 Å². The Morgan fingerprint density at radius 3 is 3.00 bits per heavy atom. The number of thiophene rings is 1. The topological polar surface area (TPSA) is 35.2 Å². The van der Waals surface area contributed by atoms with E-state index >= 15 is 0 Å². The maximum absolute atomic E-state index is 6.00. The van der Waals surface area contributed by atoms with Crippen LogP contribution < -0.4 is 10.5 Å². The summed E-state index contributed by atoms with van der Waals surface area (Å²) in [6, 6.07) is 3.77. The van der Waals surface area contributed by atoms with Crippen molar-refractivity contribution in [3.05, 3.63) is 22.5 Å². The number of halogens is 1. The highest BCUT2D eigenvalue weighted by Gasteiger charge is 2.07. The van der Waals surface area contributed by atoms with Crippen molar-refractivity contribution >= 4 is 38.7 Å². The Bertz CT molecular complexity index is 466. The van der Waals surface area contributed by atoms with E-state index in [-0.39, 0.29) is 0 Å². The molecule has 0 saturated carbocycles. The van der Waals surface area contributed by atoms with Gasteiger partial charge in [-0.05, 0) is 13.0 Å². The van der Waals surface area contributed by atoms with Crippen molar-refractivity contribution in [2.75, 3.05) is 12.3 Å². The van der Waals surface area contributed by atoms with Crippen LogP contribution in [-0.4, -0.2) is 6.61 Å². The molecular weight excluding hydrogens is 218 g/mol. The standard InChI is InChI=1S/C10H10ClNOS/c1-2-13-6-3-8(12)10-7(11)5-14-9(10)4-6/h3-5H,2,12H2,1H3. The molecule has 0 aliphatic heterocycles. The quantitative estimate of drug-likeness (QED) is 0.797. The summed E-state index contributed by atoms with van der Waals surface area (Å²) in [5.74, 6) is 0.802. The lowest BCUT2D eigenvalue weighted by Crippen LogP contribution is -1.93. The summed E-state index contributed by atoms with van der Waals surface area (Å²) in [6.07, 6.45) is 0. The smallest absolute Gasteiger partial charge is 0.122 e. The van der Waals surface area contributed by atoms with E-state index in [0.717, 1.165) is 15.8 Å². The van der Waals surface area contributed by atoms with Crippen LogP contribution in [0, 0.1) is 0 Å². The van der Waals surface area contributed by atoms with Crippen molar-refractivity contribution in [3.63, 3.8) is 0 Å². The zero-order valence-corrected chi connectivity index (χ0v) is 9.28. The molecule has 14 heavy (non-hydrogen) atoms. The third-order valence-electron chi connectivity index (χ3n) is 1.95. The van der Waals surface area contributed by atoms with Crippen LogP contribution >= 0.6 is 22.9 Å². The summed E-state index contributed by atoms with van der Waals surface area (Å²) in [6.45, 7) is 2.59. The van der Waals surface area contributed by atoms with Crippen molar-refractivity contribution in [3.8, 4) is 5.75 Å². The number of ether oxygens (including phenoxy) is 1. The fraction of sp³-hybridized carbons (Fsp3) is 0.200. The molecule has 0 saturated heterocycles. The average Bonchev–Trinajstić information content (AvgIpc) is 2.48. The number of hydrogen-bond donors (Lipinski definition) is 1. The zero-order chi connectivity index (χ0) is 10.1. The fourth-order valence-corrected chi connectivity index (χ4v) is 2.66. The number of fused-ring (bicyclic) bond motifs is 1. The summed E-state index contributed by atoms with van der Waals surface area (Å²) in [7, 11) is 0. The molecule has 0 spiro atoms. The van der Waals surface area contributed by atoms with Gasteiger partial charge in [0.05, 0.1) is 11.6 Å². The van der Waals surface area contributed by atoms with E-state index in [1.807, 2.05) is 24.4 Å². The molecule has 2 nitrogen and oxygen atoms in total. The molecule has 1 heterocycles. The molecule has 74 valence electrons. The molecule has 0 unspecified atom stereocenters. The number of anilines is 1. The second-order valence-corrected chi connectivity index (χ2v) is 4.22. The van der Waals surface area contributed by atoms with Gasteiger partial charge < -0.3 is 10.5 Å². The highest BCUT2D eigenvalue weighted by molar-refractivity contribution is 7.18. The Labute approximate surface area is 91.2 Å². The van der Waals surface area contributed by atoms with E-state index in [1.54, 1.807) is 11.3 Å². The summed E-state index contributed by atoms with van der Waals surface area (Å²) in [4.78, 5) is 0. The molecule has 0 radical (unpaired) electrons. The van der Waals surface area contributed by atoms with Crippen molar-refractivity contribution in [1.82, 2.24) is 0 Å². The second-order valence-electron chi connectivity index (χ2n) is 2.90. The van der Waals surface area contributed by atoms with Gasteiger partial charge in [-0.15, -0.1) is 11.3 Å². The predicted octanol–water partition coefficient (Wildman–Crippen LogP) is 3.54. The lowest BCUT2D eigenvalue weighted by Gasteiger charge is -2.04. The summed E-state index contributed by atoms with van der Waals surface area (Å²) in [5, 5.41) is 3.53. The Morgan fingerprint density at radius 1 is 1.50 bits per heavy atom. The SMILES string of the molecule is CCOc1cc(N)c2c(Cl)csc2c1. The van der Waals surface area contributed by atoms with Gasteiger partial charge in [0.1, 0.15) is 5.75 Å². The van der Waals surface area contributed by atoms with E-state index in [0.29, 0.717) is 17.3 Å². The summed E-state index contributed by atoms with van der Waals surface area (Å²) < 4.78 is 6.46. The molecule has 1 aromatic heterocycles.